The van der Waals surface area contributed by atoms with Gasteiger partial charge in [-0.05, 0) is 30.2 Å². The Morgan fingerprint density at radius 3 is 2.50 bits per heavy atom. The highest BCUT2D eigenvalue weighted by Gasteiger charge is 2.43. The zero-order chi connectivity index (χ0) is 21.3. The maximum absolute atomic E-state index is 13.6. The molecule has 1 unspecified atom stereocenters. The summed E-state index contributed by atoms with van der Waals surface area (Å²) in [4.78, 5) is 28.7. The largest absolute Gasteiger partial charge is 0.328 e. The Morgan fingerprint density at radius 2 is 1.77 bits per heavy atom. The monoisotopic (exact) mass is 431 g/mol. The Balaban J connectivity index is 1.59. The summed E-state index contributed by atoms with van der Waals surface area (Å²) in [6.45, 7) is 0.580. The summed E-state index contributed by atoms with van der Waals surface area (Å²) < 4.78 is 40.9. The van der Waals surface area contributed by atoms with Crippen molar-refractivity contribution in [3.63, 3.8) is 0 Å². The molecule has 0 radical (unpaired) electrons. The highest BCUT2D eigenvalue weighted by Crippen LogP contribution is 2.24. The fourth-order valence-electron chi connectivity index (χ4n) is 3.94. The smallest absolute Gasteiger partial charge is 0.247 e. The number of carbonyl (C=O) groups is 2. The maximum atomic E-state index is 13.6. The van der Waals surface area contributed by atoms with E-state index < -0.39 is 21.9 Å². The van der Waals surface area contributed by atoms with Crippen molar-refractivity contribution in [2.24, 2.45) is 0 Å². The molecule has 0 saturated carbocycles. The Morgan fingerprint density at radius 1 is 1.00 bits per heavy atom. The van der Waals surface area contributed by atoms with E-state index in [1.54, 1.807) is 0 Å². The molecule has 2 aromatic rings. The van der Waals surface area contributed by atoms with Crippen LogP contribution in [0.2, 0.25) is 0 Å². The van der Waals surface area contributed by atoms with Crippen molar-refractivity contribution in [3.8, 4) is 0 Å². The minimum atomic E-state index is -3.99. The van der Waals surface area contributed by atoms with Crippen LogP contribution in [-0.4, -0.2) is 66.6 Å². The van der Waals surface area contributed by atoms with Gasteiger partial charge in [-0.15, -0.1) is 0 Å². The number of nitrogens with zero attached hydrogens (tertiary/aromatic N) is 3. The zero-order valence-corrected chi connectivity index (χ0v) is 17.1. The van der Waals surface area contributed by atoms with E-state index in [0.717, 1.165) is 11.6 Å². The molecule has 2 saturated heterocycles. The average Bonchev–Trinajstić information content (AvgIpc) is 2.97. The summed E-state index contributed by atoms with van der Waals surface area (Å²) in [6, 6.07) is 13.3. The number of piperazine rings is 1. The summed E-state index contributed by atoms with van der Waals surface area (Å²) in [5, 5.41) is 0. The van der Waals surface area contributed by atoms with Crippen LogP contribution in [0.5, 0.6) is 0 Å². The van der Waals surface area contributed by atoms with Gasteiger partial charge in [0.25, 0.3) is 0 Å². The molecule has 9 heteroatoms. The first-order chi connectivity index (χ1) is 14.4. The van der Waals surface area contributed by atoms with Gasteiger partial charge in [0.2, 0.25) is 21.8 Å². The van der Waals surface area contributed by atoms with Crippen LogP contribution in [0.4, 0.5) is 4.39 Å². The van der Waals surface area contributed by atoms with E-state index >= 15 is 0 Å². The zero-order valence-electron chi connectivity index (χ0n) is 16.3. The van der Waals surface area contributed by atoms with Gasteiger partial charge >= 0.3 is 0 Å². The fraction of sp³-hybridized carbons (Fsp3) is 0.333. The Kier molecular flexibility index (Phi) is 5.57. The predicted molar refractivity (Wildman–Crippen MR) is 107 cm³/mol. The molecule has 2 heterocycles. The lowest BCUT2D eigenvalue weighted by Gasteiger charge is -2.40. The van der Waals surface area contributed by atoms with Crippen LogP contribution in [-0.2, 0) is 26.2 Å². The first-order valence-electron chi connectivity index (χ1n) is 9.74. The van der Waals surface area contributed by atoms with Gasteiger partial charge in [0.05, 0.1) is 4.90 Å². The summed E-state index contributed by atoms with van der Waals surface area (Å²) >= 11 is 0. The number of hydrogen-bond acceptors (Lipinski definition) is 4. The molecule has 2 aromatic carbocycles. The molecule has 0 bridgehead atoms. The lowest BCUT2D eigenvalue weighted by atomic mass is 10.1. The van der Waals surface area contributed by atoms with Gasteiger partial charge in [0.1, 0.15) is 18.4 Å². The number of halogens is 1. The van der Waals surface area contributed by atoms with Crippen molar-refractivity contribution < 1.29 is 22.4 Å². The van der Waals surface area contributed by atoms with Crippen LogP contribution < -0.4 is 0 Å². The molecule has 2 aliphatic heterocycles. The van der Waals surface area contributed by atoms with Crippen LogP contribution in [0.15, 0.2) is 59.5 Å². The van der Waals surface area contributed by atoms with Gasteiger partial charge in [-0.3, -0.25) is 9.59 Å². The molecule has 2 amide bonds. The minimum absolute atomic E-state index is 0.0269. The molecular formula is C21H22FN3O4S. The molecule has 4 rings (SSSR count). The molecule has 0 N–H and O–H groups in total. The topological polar surface area (TPSA) is 78.0 Å². The quantitative estimate of drug-likeness (QED) is 0.734. The van der Waals surface area contributed by atoms with Crippen LogP contribution in [0.3, 0.4) is 0 Å². The van der Waals surface area contributed by atoms with Crippen molar-refractivity contribution >= 4 is 21.8 Å². The van der Waals surface area contributed by atoms with E-state index in [4.69, 9.17) is 0 Å². The Hall–Kier alpha value is -2.78. The summed E-state index contributed by atoms with van der Waals surface area (Å²) in [5.74, 6) is -1.12. The third-order valence-electron chi connectivity index (χ3n) is 5.45. The van der Waals surface area contributed by atoms with Crippen molar-refractivity contribution in [1.29, 1.82) is 0 Å². The Bertz CT molecular complexity index is 1060. The third-order valence-corrected chi connectivity index (χ3v) is 7.31. The number of rotatable bonds is 4. The number of amides is 2. The van der Waals surface area contributed by atoms with Gasteiger partial charge in [0.15, 0.2) is 0 Å². The number of benzene rings is 2. The van der Waals surface area contributed by atoms with E-state index in [1.807, 2.05) is 30.3 Å². The standard InChI is InChI=1S/C21H22FN3O4S/c22-17-8-4-9-18(12-17)30(28,29)24-10-5-11-25-19(14-24)21(27)23(15-20(25)26)13-16-6-2-1-3-7-16/h1-4,6-9,12,19H,5,10-11,13-15H2. The third kappa shape index (κ3) is 3.95. The number of hydrogen-bond donors (Lipinski definition) is 0. The maximum Gasteiger partial charge on any atom is 0.247 e. The summed E-state index contributed by atoms with van der Waals surface area (Å²) in [5.41, 5.74) is 0.893. The van der Waals surface area contributed by atoms with Crippen LogP contribution in [0.1, 0.15) is 12.0 Å². The van der Waals surface area contributed by atoms with E-state index in [2.05, 4.69) is 0 Å². The normalized spacial score (nSPS) is 20.8. The number of fused-ring (bicyclic) bond motifs is 1. The summed E-state index contributed by atoms with van der Waals surface area (Å²) in [7, 11) is -3.99. The van der Waals surface area contributed by atoms with E-state index in [1.165, 1.54) is 32.3 Å². The van der Waals surface area contributed by atoms with Gasteiger partial charge < -0.3 is 9.80 Å². The predicted octanol–water partition coefficient (Wildman–Crippen LogP) is 1.46. The van der Waals surface area contributed by atoms with Crippen LogP contribution in [0, 0.1) is 5.82 Å². The second-order valence-electron chi connectivity index (χ2n) is 7.46. The van der Waals surface area contributed by atoms with Crippen molar-refractivity contribution in [2.75, 3.05) is 26.2 Å². The van der Waals surface area contributed by atoms with E-state index in [0.29, 0.717) is 13.0 Å². The molecule has 158 valence electrons. The molecule has 2 fully saturated rings. The molecule has 7 nitrogen and oxygen atoms in total. The fourth-order valence-corrected chi connectivity index (χ4v) is 5.46. The SMILES string of the molecule is O=C1C2CN(S(=O)(=O)c3cccc(F)c3)CCCN2C(=O)CN1Cc1ccccc1. The molecule has 2 aliphatic rings. The lowest BCUT2D eigenvalue weighted by Crippen LogP contribution is -2.61. The van der Waals surface area contributed by atoms with Crippen molar-refractivity contribution in [2.45, 2.75) is 23.9 Å². The van der Waals surface area contributed by atoms with Gasteiger partial charge in [0, 0.05) is 26.2 Å². The molecular weight excluding hydrogens is 409 g/mol. The molecule has 30 heavy (non-hydrogen) atoms. The molecule has 0 aromatic heterocycles. The summed E-state index contributed by atoms with van der Waals surface area (Å²) in [6.07, 6.45) is 0.406. The van der Waals surface area contributed by atoms with Gasteiger partial charge in [-0.1, -0.05) is 36.4 Å². The molecule has 0 spiro atoms. The highest BCUT2D eigenvalue weighted by atomic mass is 32.2. The van der Waals surface area contributed by atoms with Gasteiger partial charge in [-0.2, -0.15) is 4.31 Å². The average molecular weight is 431 g/mol. The van der Waals surface area contributed by atoms with Crippen molar-refractivity contribution in [1.82, 2.24) is 14.1 Å². The first-order valence-corrected chi connectivity index (χ1v) is 11.2. The number of carbonyl (C=O) groups excluding carboxylic acids is 2. The molecule has 0 aliphatic carbocycles. The van der Waals surface area contributed by atoms with Gasteiger partial charge in [-0.25, -0.2) is 12.8 Å². The van der Waals surface area contributed by atoms with E-state index in [9.17, 15) is 22.4 Å². The second-order valence-corrected chi connectivity index (χ2v) is 9.39. The Labute approximate surface area is 174 Å². The first kappa shape index (κ1) is 20.5. The van der Waals surface area contributed by atoms with E-state index in [-0.39, 0.29) is 42.9 Å². The minimum Gasteiger partial charge on any atom is -0.328 e. The van der Waals surface area contributed by atoms with Crippen molar-refractivity contribution in [3.05, 3.63) is 66.0 Å². The van der Waals surface area contributed by atoms with Crippen LogP contribution in [0.25, 0.3) is 0 Å². The number of sulfonamides is 1. The van der Waals surface area contributed by atoms with Crippen LogP contribution >= 0.6 is 0 Å². The molecule has 1 atom stereocenters. The second kappa shape index (κ2) is 8.16. The highest BCUT2D eigenvalue weighted by molar-refractivity contribution is 7.89. The lowest BCUT2D eigenvalue weighted by molar-refractivity contribution is -0.156.